The maximum atomic E-state index is 13.0. The zero-order valence-electron chi connectivity index (χ0n) is 16.2. The molecule has 0 radical (unpaired) electrons. The van der Waals surface area contributed by atoms with Crippen molar-refractivity contribution in [1.82, 2.24) is 9.55 Å². The number of ether oxygens (including phenoxy) is 2. The molecule has 1 aromatic carbocycles. The van der Waals surface area contributed by atoms with E-state index >= 15 is 0 Å². The molecule has 1 amide bonds. The molecule has 0 aliphatic carbocycles. The van der Waals surface area contributed by atoms with Crippen LogP contribution in [0.15, 0.2) is 16.9 Å². The SMILES string of the molecule is COc1cc(C)c(NC(=O)c2sc3nc4n(c(=O)c3c2C)CCC4)cc1OC. The van der Waals surface area contributed by atoms with E-state index in [-0.39, 0.29) is 11.5 Å². The van der Waals surface area contributed by atoms with Crippen molar-refractivity contribution in [2.24, 2.45) is 0 Å². The number of carbonyl (C=O) groups is 1. The molecule has 3 aromatic rings. The first kappa shape index (κ1) is 18.5. The number of amides is 1. The molecule has 0 unspecified atom stereocenters. The van der Waals surface area contributed by atoms with Crippen LogP contribution in [0.2, 0.25) is 0 Å². The van der Waals surface area contributed by atoms with Crippen LogP contribution in [-0.4, -0.2) is 29.7 Å². The molecule has 28 heavy (non-hydrogen) atoms. The first-order chi connectivity index (χ1) is 13.4. The molecule has 7 nitrogen and oxygen atoms in total. The van der Waals surface area contributed by atoms with Gasteiger partial charge in [0.15, 0.2) is 11.5 Å². The lowest BCUT2D eigenvalue weighted by Gasteiger charge is -2.13. The summed E-state index contributed by atoms with van der Waals surface area (Å²) in [5, 5.41) is 3.48. The van der Waals surface area contributed by atoms with Gasteiger partial charge in [0.1, 0.15) is 10.7 Å². The molecule has 8 heteroatoms. The molecule has 0 bridgehead atoms. The molecule has 0 saturated heterocycles. The van der Waals surface area contributed by atoms with Crippen molar-refractivity contribution in [3.8, 4) is 11.5 Å². The molecule has 1 aliphatic rings. The number of hydrogen-bond donors (Lipinski definition) is 1. The lowest BCUT2D eigenvalue weighted by molar-refractivity contribution is 0.103. The van der Waals surface area contributed by atoms with E-state index in [0.717, 1.165) is 24.2 Å². The number of aromatic nitrogens is 2. The van der Waals surface area contributed by atoms with Gasteiger partial charge in [0.25, 0.3) is 11.5 Å². The highest BCUT2D eigenvalue weighted by Gasteiger charge is 2.23. The number of thiophene rings is 1. The number of fused-ring (bicyclic) bond motifs is 2. The summed E-state index contributed by atoms with van der Waals surface area (Å²) in [4.78, 5) is 31.5. The summed E-state index contributed by atoms with van der Waals surface area (Å²) in [6.07, 6.45) is 1.74. The molecule has 146 valence electrons. The minimum atomic E-state index is -0.264. The van der Waals surface area contributed by atoms with Crippen LogP contribution < -0.4 is 20.3 Å². The first-order valence-corrected chi connectivity index (χ1v) is 9.83. The maximum Gasteiger partial charge on any atom is 0.266 e. The maximum absolute atomic E-state index is 13.0. The zero-order valence-corrected chi connectivity index (χ0v) is 17.0. The minimum absolute atomic E-state index is 0.0485. The summed E-state index contributed by atoms with van der Waals surface area (Å²) < 4.78 is 12.3. The van der Waals surface area contributed by atoms with Gasteiger partial charge in [0, 0.05) is 24.7 Å². The van der Waals surface area contributed by atoms with Crippen LogP contribution in [-0.2, 0) is 13.0 Å². The fraction of sp³-hybridized carbons (Fsp3) is 0.350. The molecule has 0 atom stereocenters. The van der Waals surface area contributed by atoms with Crippen molar-refractivity contribution < 1.29 is 14.3 Å². The highest BCUT2D eigenvalue weighted by atomic mass is 32.1. The normalized spacial score (nSPS) is 12.9. The summed E-state index contributed by atoms with van der Waals surface area (Å²) in [5.41, 5.74) is 2.11. The summed E-state index contributed by atoms with van der Waals surface area (Å²) in [5.74, 6) is 1.68. The Hall–Kier alpha value is -2.87. The van der Waals surface area contributed by atoms with Crippen molar-refractivity contribution in [1.29, 1.82) is 0 Å². The van der Waals surface area contributed by atoms with Crippen molar-refractivity contribution >= 4 is 33.1 Å². The predicted octanol–water partition coefficient (Wildman–Crippen LogP) is 3.29. The number of benzene rings is 1. The smallest absolute Gasteiger partial charge is 0.266 e. The Labute approximate surface area is 165 Å². The summed E-state index contributed by atoms with van der Waals surface area (Å²) >= 11 is 1.26. The molecule has 4 rings (SSSR count). The Bertz CT molecular complexity index is 1160. The van der Waals surface area contributed by atoms with Crippen LogP contribution in [0, 0.1) is 13.8 Å². The number of methoxy groups -OCH3 is 2. The lowest BCUT2D eigenvalue weighted by atomic mass is 10.1. The number of nitrogens with zero attached hydrogens (tertiary/aromatic N) is 2. The summed E-state index contributed by atoms with van der Waals surface area (Å²) in [7, 11) is 3.12. The first-order valence-electron chi connectivity index (χ1n) is 9.01. The second-order valence-corrected chi connectivity index (χ2v) is 7.80. The van der Waals surface area contributed by atoms with Crippen molar-refractivity contribution in [2.75, 3.05) is 19.5 Å². The fourth-order valence-electron chi connectivity index (χ4n) is 3.59. The van der Waals surface area contributed by atoms with E-state index in [4.69, 9.17) is 9.47 Å². The fourth-order valence-corrected chi connectivity index (χ4v) is 4.67. The van der Waals surface area contributed by atoms with Crippen molar-refractivity contribution in [3.63, 3.8) is 0 Å². The second-order valence-electron chi connectivity index (χ2n) is 6.80. The van der Waals surface area contributed by atoms with E-state index in [1.807, 2.05) is 13.0 Å². The van der Waals surface area contributed by atoms with Gasteiger partial charge in [-0.3, -0.25) is 14.2 Å². The van der Waals surface area contributed by atoms with Gasteiger partial charge in [-0.25, -0.2) is 4.98 Å². The Morgan fingerprint density at radius 3 is 2.64 bits per heavy atom. The minimum Gasteiger partial charge on any atom is -0.493 e. The number of anilines is 1. The molecular weight excluding hydrogens is 378 g/mol. The largest absolute Gasteiger partial charge is 0.493 e. The van der Waals surface area contributed by atoms with Crippen LogP contribution in [0.25, 0.3) is 10.2 Å². The highest BCUT2D eigenvalue weighted by Crippen LogP contribution is 2.34. The van der Waals surface area contributed by atoms with Gasteiger partial charge in [-0.2, -0.15) is 0 Å². The molecule has 1 aliphatic heterocycles. The second kappa shape index (κ2) is 6.94. The topological polar surface area (TPSA) is 82.5 Å². The molecular formula is C20H21N3O4S. The third kappa shape index (κ3) is 2.84. The summed E-state index contributed by atoms with van der Waals surface area (Å²) in [6.45, 7) is 4.38. The summed E-state index contributed by atoms with van der Waals surface area (Å²) in [6, 6.07) is 3.54. The van der Waals surface area contributed by atoms with E-state index in [2.05, 4.69) is 10.3 Å². The number of nitrogens with one attached hydrogen (secondary N) is 1. The Balaban J connectivity index is 1.74. The van der Waals surface area contributed by atoms with Gasteiger partial charge >= 0.3 is 0 Å². The predicted molar refractivity (Wildman–Crippen MR) is 109 cm³/mol. The van der Waals surface area contributed by atoms with E-state index in [9.17, 15) is 9.59 Å². The number of rotatable bonds is 4. The zero-order chi connectivity index (χ0) is 20.0. The number of hydrogen-bond acceptors (Lipinski definition) is 6. The van der Waals surface area contributed by atoms with Crippen LogP contribution >= 0.6 is 11.3 Å². The monoisotopic (exact) mass is 399 g/mol. The Kier molecular flexibility index (Phi) is 4.58. The van der Waals surface area contributed by atoms with Crippen LogP contribution in [0.5, 0.6) is 11.5 Å². The number of aryl methyl sites for hydroxylation is 3. The molecule has 3 heterocycles. The average molecular weight is 399 g/mol. The molecule has 1 N–H and O–H groups in total. The standard InChI is InChI=1S/C20H21N3O4S/c1-10-8-13(26-3)14(27-4)9-12(10)21-18(24)17-11(2)16-19(28-17)22-15-6-5-7-23(15)20(16)25/h8-9H,5-7H2,1-4H3,(H,21,24). The average Bonchev–Trinajstić information content (AvgIpc) is 3.28. The van der Waals surface area contributed by atoms with Crippen LogP contribution in [0.3, 0.4) is 0 Å². The highest BCUT2D eigenvalue weighted by molar-refractivity contribution is 7.20. The van der Waals surface area contributed by atoms with Crippen LogP contribution in [0.4, 0.5) is 5.69 Å². The van der Waals surface area contributed by atoms with E-state index in [0.29, 0.717) is 44.4 Å². The van der Waals surface area contributed by atoms with E-state index in [1.165, 1.54) is 11.3 Å². The van der Waals surface area contributed by atoms with Gasteiger partial charge in [-0.15, -0.1) is 11.3 Å². The van der Waals surface area contributed by atoms with Crippen molar-refractivity contribution in [2.45, 2.75) is 33.2 Å². The third-order valence-electron chi connectivity index (χ3n) is 5.10. The van der Waals surface area contributed by atoms with Gasteiger partial charge in [-0.1, -0.05) is 0 Å². The Morgan fingerprint density at radius 2 is 1.93 bits per heavy atom. The van der Waals surface area contributed by atoms with Crippen LogP contribution in [0.1, 0.15) is 33.0 Å². The van der Waals surface area contributed by atoms with E-state index < -0.39 is 0 Å². The molecule has 2 aromatic heterocycles. The van der Waals surface area contributed by atoms with Gasteiger partial charge in [0.05, 0.1) is 24.5 Å². The van der Waals surface area contributed by atoms with Gasteiger partial charge in [0.2, 0.25) is 0 Å². The van der Waals surface area contributed by atoms with Crippen molar-refractivity contribution in [3.05, 3.63) is 44.3 Å². The quantitative estimate of drug-likeness (QED) is 0.728. The number of carbonyl (C=O) groups excluding carboxylic acids is 1. The van der Waals surface area contributed by atoms with Gasteiger partial charge in [-0.05, 0) is 37.5 Å². The molecule has 0 spiro atoms. The molecule has 0 saturated carbocycles. The van der Waals surface area contributed by atoms with E-state index in [1.54, 1.807) is 31.8 Å². The third-order valence-corrected chi connectivity index (χ3v) is 6.28. The van der Waals surface area contributed by atoms with Gasteiger partial charge < -0.3 is 14.8 Å². The molecule has 0 fully saturated rings. The lowest BCUT2D eigenvalue weighted by Crippen LogP contribution is -2.20. The Morgan fingerprint density at radius 1 is 1.21 bits per heavy atom.